The van der Waals surface area contributed by atoms with Crippen LogP contribution >= 0.6 is 12.2 Å². The molecule has 0 bridgehead atoms. The lowest BCUT2D eigenvalue weighted by atomic mass is 9.94. The Morgan fingerprint density at radius 3 is 2.76 bits per heavy atom. The fourth-order valence-electron chi connectivity index (χ4n) is 3.73. The Balaban J connectivity index is 1.81. The minimum atomic E-state index is -0.507. The van der Waals surface area contributed by atoms with Crippen LogP contribution in [-0.4, -0.2) is 40.9 Å². The summed E-state index contributed by atoms with van der Waals surface area (Å²) in [5.41, 5.74) is 3.00. The molecule has 1 aliphatic rings. The van der Waals surface area contributed by atoms with Gasteiger partial charge in [-0.2, -0.15) is 4.98 Å². The van der Waals surface area contributed by atoms with Crippen molar-refractivity contribution in [1.29, 1.82) is 0 Å². The maximum Gasteiger partial charge on any atom is 0.258 e. The van der Waals surface area contributed by atoms with Gasteiger partial charge < -0.3 is 24.2 Å². The summed E-state index contributed by atoms with van der Waals surface area (Å²) < 4.78 is 30.3. The van der Waals surface area contributed by atoms with Crippen LogP contribution in [-0.2, 0) is 0 Å². The fraction of sp³-hybridized carbons (Fsp3) is 0.208. The average molecular weight is 467 g/mol. The Labute approximate surface area is 196 Å². The zero-order chi connectivity index (χ0) is 23.5. The average Bonchev–Trinajstić information content (AvgIpc) is 3.31. The van der Waals surface area contributed by atoms with E-state index in [0.29, 0.717) is 28.9 Å². The standard InChI is InChI=1S/C24H23FN4O3S/c1-5-11-29-14(2)20(21(26-24(29)33)15-7-6-8-17(12-15)30-3)23-27-22(28-32-23)16-9-10-19(31-4)18(25)13-16/h5-10,12-13,21H,1,11H2,2-4H3,(H,26,33). The third-order valence-corrected chi connectivity index (χ3v) is 5.74. The number of hydrogen-bond acceptors (Lipinski definition) is 6. The van der Waals surface area contributed by atoms with Crippen LogP contribution in [0.1, 0.15) is 24.4 Å². The molecule has 2 heterocycles. The molecule has 0 saturated carbocycles. The smallest absolute Gasteiger partial charge is 0.258 e. The Bertz CT molecular complexity index is 1240. The van der Waals surface area contributed by atoms with Crippen LogP contribution in [0.2, 0.25) is 0 Å². The first-order valence-corrected chi connectivity index (χ1v) is 10.6. The van der Waals surface area contributed by atoms with Crippen molar-refractivity contribution in [3.63, 3.8) is 0 Å². The lowest BCUT2D eigenvalue weighted by Crippen LogP contribution is -2.45. The summed E-state index contributed by atoms with van der Waals surface area (Å²) in [6.45, 7) is 6.27. The van der Waals surface area contributed by atoms with Crippen LogP contribution < -0.4 is 14.8 Å². The third-order valence-electron chi connectivity index (χ3n) is 5.40. The van der Waals surface area contributed by atoms with Crippen LogP contribution in [0, 0.1) is 5.82 Å². The van der Waals surface area contributed by atoms with E-state index in [0.717, 1.165) is 16.8 Å². The SMILES string of the molecule is C=CCN1C(=S)NC(c2cccc(OC)c2)C(c2nc(-c3ccc(OC)c(F)c3)no2)=C1C. The molecule has 0 fully saturated rings. The Hall–Kier alpha value is -3.72. The summed E-state index contributed by atoms with van der Waals surface area (Å²) in [5, 5.41) is 8.01. The highest BCUT2D eigenvalue weighted by molar-refractivity contribution is 7.80. The van der Waals surface area contributed by atoms with E-state index in [1.54, 1.807) is 19.3 Å². The van der Waals surface area contributed by atoms with Gasteiger partial charge in [-0.05, 0) is 55.0 Å². The fourth-order valence-corrected chi connectivity index (χ4v) is 4.06. The molecular weight excluding hydrogens is 443 g/mol. The van der Waals surface area contributed by atoms with E-state index in [4.69, 9.17) is 26.2 Å². The number of thiocarbonyl (C=S) groups is 1. The molecule has 0 saturated heterocycles. The summed E-state index contributed by atoms with van der Waals surface area (Å²) >= 11 is 5.61. The summed E-state index contributed by atoms with van der Waals surface area (Å²) in [6.07, 6.45) is 1.76. The van der Waals surface area contributed by atoms with Crippen LogP contribution in [0.25, 0.3) is 17.0 Å². The van der Waals surface area contributed by atoms with E-state index in [1.165, 1.54) is 19.2 Å². The molecule has 9 heteroatoms. The molecular formula is C24H23FN4O3S. The zero-order valence-electron chi connectivity index (χ0n) is 18.5. The van der Waals surface area contributed by atoms with Crippen LogP contribution in [0.4, 0.5) is 4.39 Å². The summed E-state index contributed by atoms with van der Waals surface area (Å²) in [4.78, 5) is 6.49. The molecule has 33 heavy (non-hydrogen) atoms. The van der Waals surface area contributed by atoms with Gasteiger partial charge in [-0.25, -0.2) is 4.39 Å². The number of nitrogens with one attached hydrogen (secondary N) is 1. The first kappa shape index (κ1) is 22.5. The minimum absolute atomic E-state index is 0.143. The molecule has 0 spiro atoms. The maximum atomic E-state index is 14.2. The molecule has 1 unspecified atom stereocenters. The topological polar surface area (TPSA) is 72.7 Å². The predicted molar refractivity (Wildman–Crippen MR) is 127 cm³/mol. The highest BCUT2D eigenvalue weighted by Crippen LogP contribution is 2.38. The molecule has 1 aromatic heterocycles. The van der Waals surface area contributed by atoms with E-state index < -0.39 is 5.82 Å². The highest BCUT2D eigenvalue weighted by atomic mass is 32.1. The summed E-state index contributed by atoms with van der Waals surface area (Å²) in [5.74, 6) is 0.915. The number of rotatable bonds is 7. The van der Waals surface area contributed by atoms with Crippen LogP contribution in [0.3, 0.4) is 0 Å². The van der Waals surface area contributed by atoms with Gasteiger partial charge >= 0.3 is 0 Å². The largest absolute Gasteiger partial charge is 0.497 e. The van der Waals surface area contributed by atoms with E-state index in [2.05, 4.69) is 22.0 Å². The highest BCUT2D eigenvalue weighted by Gasteiger charge is 2.34. The third kappa shape index (κ3) is 4.31. The molecule has 0 amide bonds. The van der Waals surface area contributed by atoms with Gasteiger partial charge in [0, 0.05) is 17.8 Å². The van der Waals surface area contributed by atoms with Crippen LogP contribution in [0.15, 0.2) is 65.3 Å². The van der Waals surface area contributed by atoms with Crippen molar-refractivity contribution >= 4 is 22.9 Å². The second-order valence-corrected chi connectivity index (χ2v) is 7.72. The van der Waals surface area contributed by atoms with Gasteiger partial charge in [0.15, 0.2) is 16.7 Å². The molecule has 3 aromatic rings. The van der Waals surface area contributed by atoms with Gasteiger partial charge in [-0.1, -0.05) is 23.4 Å². The van der Waals surface area contributed by atoms with Crippen molar-refractivity contribution in [2.45, 2.75) is 13.0 Å². The number of allylic oxidation sites excluding steroid dienone is 1. The second kappa shape index (κ2) is 9.41. The number of ether oxygens (including phenoxy) is 2. The number of halogens is 1. The first-order chi connectivity index (χ1) is 16.0. The van der Waals surface area contributed by atoms with Gasteiger partial charge in [-0.15, -0.1) is 6.58 Å². The minimum Gasteiger partial charge on any atom is -0.497 e. The monoisotopic (exact) mass is 466 g/mol. The van der Waals surface area contributed by atoms with Crippen molar-refractivity contribution in [2.24, 2.45) is 0 Å². The van der Waals surface area contributed by atoms with Crippen molar-refractivity contribution in [2.75, 3.05) is 20.8 Å². The molecule has 1 aliphatic heterocycles. The van der Waals surface area contributed by atoms with Crippen molar-refractivity contribution in [3.05, 3.63) is 78.1 Å². The van der Waals surface area contributed by atoms with Gasteiger partial charge in [-0.3, -0.25) is 0 Å². The maximum absolute atomic E-state index is 14.2. The lowest BCUT2D eigenvalue weighted by molar-refractivity contribution is 0.386. The number of aromatic nitrogens is 2. The van der Waals surface area contributed by atoms with Gasteiger partial charge in [0.05, 0.1) is 25.8 Å². The Morgan fingerprint density at radius 1 is 1.24 bits per heavy atom. The molecule has 2 aromatic carbocycles. The van der Waals surface area contributed by atoms with Crippen molar-refractivity contribution < 1.29 is 18.4 Å². The zero-order valence-corrected chi connectivity index (χ0v) is 19.3. The normalized spacial score (nSPS) is 15.9. The molecule has 4 rings (SSSR count). The molecule has 0 radical (unpaired) electrons. The number of benzene rings is 2. The van der Waals surface area contributed by atoms with Crippen molar-refractivity contribution in [3.8, 4) is 22.9 Å². The molecule has 7 nitrogen and oxygen atoms in total. The lowest BCUT2D eigenvalue weighted by Gasteiger charge is -2.36. The number of nitrogens with zero attached hydrogens (tertiary/aromatic N) is 3. The van der Waals surface area contributed by atoms with Crippen molar-refractivity contribution in [1.82, 2.24) is 20.4 Å². The first-order valence-electron chi connectivity index (χ1n) is 10.2. The second-order valence-electron chi connectivity index (χ2n) is 7.33. The number of hydrogen-bond donors (Lipinski definition) is 1. The van der Waals surface area contributed by atoms with Gasteiger partial charge in [0.2, 0.25) is 5.82 Å². The quantitative estimate of drug-likeness (QED) is 0.395. The Kier molecular flexibility index (Phi) is 6.41. The Morgan fingerprint density at radius 2 is 2.06 bits per heavy atom. The summed E-state index contributed by atoms with van der Waals surface area (Å²) in [7, 11) is 3.03. The summed E-state index contributed by atoms with van der Waals surface area (Å²) in [6, 6.07) is 11.8. The van der Waals surface area contributed by atoms with E-state index in [9.17, 15) is 4.39 Å². The predicted octanol–water partition coefficient (Wildman–Crippen LogP) is 4.74. The van der Waals surface area contributed by atoms with E-state index in [1.807, 2.05) is 36.1 Å². The molecule has 1 atom stereocenters. The van der Waals surface area contributed by atoms with Gasteiger partial charge in [0.1, 0.15) is 5.75 Å². The van der Waals surface area contributed by atoms with E-state index >= 15 is 0 Å². The van der Waals surface area contributed by atoms with E-state index in [-0.39, 0.29) is 17.6 Å². The van der Waals surface area contributed by atoms with Crippen LogP contribution in [0.5, 0.6) is 11.5 Å². The number of methoxy groups -OCH3 is 2. The molecule has 1 N–H and O–H groups in total. The van der Waals surface area contributed by atoms with Gasteiger partial charge in [0.25, 0.3) is 5.89 Å². The molecule has 0 aliphatic carbocycles. The molecule has 170 valence electrons.